The van der Waals surface area contributed by atoms with Crippen LogP contribution in [0.3, 0.4) is 0 Å². The molecule has 1 atom stereocenters. The number of piperidine rings is 1. The minimum absolute atomic E-state index is 0.602. The van der Waals surface area contributed by atoms with Crippen LogP contribution in [0, 0.1) is 4.91 Å². The van der Waals surface area contributed by atoms with E-state index in [1.54, 1.807) is 5.01 Å². The van der Waals surface area contributed by atoms with Gasteiger partial charge in [0.25, 0.3) is 0 Å². The number of nitroso groups, excluding NO2 is 1. The third kappa shape index (κ3) is 1.43. The minimum atomic E-state index is 0.602. The smallest absolute Gasteiger partial charge is 0.0548 e. The third-order valence-electron chi connectivity index (χ3n) is 2.93. The summed E-state index contributed by atoms with van der Waals surface area (Å²) in [5.74, 6) is 0. The standard InChI is InChI=1S/C8H15N3O/c12-9-11-6-5-10-4-2-1-3-8(10)7-11/h8H,1-7H2. The van der Waals surface area contributed by atoms with Gasteiger partial charge >= 0.3 is 0 Å². The number of rotatable bonds is 1. The van der Waals surface area contributed by atoms with Crippen LogP contribution in [0.4, 0.5) is 0 Å². The molecule has 0 aromatic heterocycles. The van der Waals surface area contributed by atoms with E-state index in [0.29, 0.717) is 6.04 Å². The molecule has 12 heavy (non-hydrogen) atoms. The van der Waals surface area contributed by atoms with Gasteiger partial charge in [0.2, 0.25) is 0 Å². The molecule has 2 rings (SSSR count). The molecule has 0 aromatic rings. The minimum Gasteiger partial charge on any atom is -0.297 e. The average Bonchev–Trinajstić information content (AvgIpc) is 2.17. The van der Waals surface area contributed by atoms with Crippen molar-refractivity contribution in [2.45, 2.75) is 25.3 Å². The first kappa shape index (κ1) is 7.98. The Morgan fingerprint density at radius 2 is 2.08 bits per heavy atom. The predicted molar refractivity (Wildman–Crippen MR) is 46.6 cm³/mol. The fraction of sp³-hybridized carbons (Fsp3) is 1.00. The number of hydrogen-bond acceptors (Lipinski definition) is 3. The Morgan fingerprint density at radius 1 is 1.17 bits per heavy atom. The van der Waals surface area contributed by atoms with Crippen molar-refractivity contribution in [3.63, 3.8) is 0 Å². The number of fused-ring (bicyclic) bond motifs is 1. The zero-order chi connectivity index (χ0) is 8.39. The molecule has 4 heteroatoms. The van der Waals surface area contributed by atoms with Gasteiger partial charge in [-0.05, 0) is 19.4 Å². The van der Waals surface area contributed by atoms with Crippen LogP contribution < -0.4 is 0 Å². The van der Waals surface area contributed by atoms with Gasteiger partial charge in [-0.15, -0.1) is 4.91 Å². The monoisotopic (exact) mass is 169 g/mol. The summed E-state index contributed by atoms with van der Waals surface area (Å²) < 4.78 is 0. The molecule has 2 saturated heterocycles. The SMILES string of the molecule is O=NN1CCN2CCCCC2C1. The molecule has 0 spiro atoms. The summed E-state index contributed by atoms with van der Waals surface area (Å²) in [6.07, 6.45) is 3.88. The van der Waals surface area contributed by atoms with Crippen molar-refractivity contribution in [1.82, 2.24) is 9.91 Å². The highest BCUT2D eigenvalue weighted by atomic mass is 16.3. The first-order chi connectivity index (χ1) is 5.90. The second kappa shape index (κ2) is 3.39. The van der Waals surface area contributed by atoms with Crippen molar-refractivity contribution in [2.24, 2.45) is 5.29 Å². The summed E-state index contributed by atoms with van der Waals surface area (Å²) >= 11 is 0. The van der Waals surface area contributed by atoms with Crippen LogP contribution in [0.15, 0.2) is 5.29 Å². The average molecular weight is 169 g/mol. The van der Waals surface area contributed by atoms with Crippen LogP contribution in [-0.2, 0) is 0 Å². The highest BCUT2D eigenvalue weighted by molar-refractivity contribution is 4.83. The van der Waals surface area contributed by atoms with E-state index in [4.69, 9.17) is 0 Å². The lowest BCUT2D eigenvalue weighted by Crippen LogP contribution is -2.53. The van der Waals surface area contributed by atoms with Gasteiger partial charge in [-0.25, -0.2) is 0 Å². The molecule has 2 fully saturated rings. The van der Waals surface area contributed by atoms with E-state index in [-0.39, 0.29) is 0 Å². The second-order valence-electron chi connectivity index (χ2n) is 3.68. The lowest BCUT2D eigenvalue weighted by Gasteiger charge is -2.41. The van der Waals surface area contributed by atoms with Crippen molar-refractivity contribution >= 4 is 0 Å². The van der Waals surface area contributed by atoms with Crippen LogP contribution in [0.25, 0.3) is 0 Å². The van der Waals surface area contributed by atoms with Gasteiger partial charge in [-0.3, -0.25) is 9.91 Å². The zero-order valence-electron chi connectivity index (χ0n) is 7.28. The molecule has 0 amide bonds. The lowest BCUT2D eigenvalue weighted by atomic mass is 10.0. The largest absolute Gasteiger partial charge is 0.297 e. The van der Waals surface area contributed by atoms with Crippen molar-refractivity contribution < 1.29 is 0 Å². The molecule has 0 aromatic carbocycles. The Bertz CT molecular complexity index is 174. The van der Waals surface area contributed by atoms with Crippen LogP contribution in [0.1, 0.15) is 19.3 Å². The highest BCUT2D eigenvalue weighted by Gasteiger charge is 2.28. The normalized spacial score (nSPS) is 31.3. The van der Waals surface area contributed by atoms with E-state index in [1.165, 1.54) is 25.8 Å². The maximum atomic E-state index is 10.3. The van der Waals surface area contributed by atoms with Crippen molar-refractivity contribution in [3.05, 3.63) is 4.91 Å². The summed E-state index contributed by atoms with van der Waals surface area (Å²) in [4.78, 5) is 12.8. The molecule has 0 saturated carbocycles. The van der Waals surface area contributed by atoms with Crippen molar-refractivity contribution in [3.8, 4) is 0 Å². The van der Waals surface area contributed by atoms with Crippen molar-refractivity contribution in [1.29, 1.82) is 0 Å². The molecule has 68 valence electrons. The van der Waals surface area contributed by atoms with Gasteiger partial charge in [0.1, 0.15) is 0 Å². The quantitative estimate of drug-likeness (QED) is 0.546. The van der Waals surface area contributed by atoms with E-state index < -0.39 is 0 Å². The maximum Gasteiger partial charge on any atom is 0.0548 e. The molecule has 4 nitrogen and oxygen atoms in total. The molecule has 2 aliphatic heterocycles. The topological polar surface area (TPSA) is 35.9 Å². The molecule has 0 aliphatic carbocycles. The number of nitrogens with zero attached hydrogens (tertiary/aromatic N) is 3. The first-order valence-electron chi connectivity index (χ1n) is 4.72. The Balaban J connectivity index is 1.93. The Labute approximate surface area is 72.5 Å². The van der Waals surface area contributed by atoms with Gasteiger partial charge in [-0.1, -0.05) is 6.42 Å². The summed E-state index contributed by atoms with van der Waals surface area (Å²) in [7, 11) is 0. The molecule has 0 radical (unpaired) electrons. The Hall–Kier alpha value is -0.640. The Kier molecular flexibility index (Phi) is 2.26. The van der Waals surface area contributed by atoms with Crippen LogP contribution in [0.5, 0.6) is 0 Å². The number of piperazine rings is 1. The maximum absolute atomic E-state index is 10.3. The van der Waals surface area contributed by atoms with Gasteiger partial charge in [0.05, 0.1) is 18.4 Å². The molecule has 0 N–H and O–H groups in total. The summed E-state index contributed by atoms with van der Waals surface area (Å²) in [6.45, 7) is 3.91. The third-order valence-corrected chi connectivity index (χ3v) is 2.93. The van der Waals surface area contributed by atoms with Gasteiger partial charge in [0.15, 0.2) is 0 Å². The molecular formula is C8H15N3O. The molecule has 2 aliphatic rings. The molecule has 0 bridgehead atoms. The van der Waals surface area contributed by atoms with E-state index in [1.807, 2.05) is 0 Å². The van der Waals surface area contributed by atoms with Gasteiger partial charge in [0, 0.05) is 12.6 Å². The summed E-state index contributed by atoms with van der Waals surface area (Å²) in [5.41, 5.74) is 0. The molecular weight excluding hydrogens is 154 g/mol. The highest BCUT2D eigenvalue weighted by Crippen LogP contribution is 2.20. The number of hydrogen-bond donors (Lipinski definition) is 0. The van der Waals surface area contributed by atoms with E-state index in [0.717, 1.165) is 19.6 Å². The molecule has 1 unspecified atom stereocenters. The summed E-state index contributed by atoms with van der Waals surface area (Å²) in [6, 6.07) is 0.602. The van der Waals surface area contributed by atoms with Gasteiger partial charge in [-0.2, -0.15) is 0 Å². The second-order valence-corrected chi connectivity index (χ2v) is 3.68. The zero-order valence-corrected chi connectivity index (χ0v) is 7.28. The van der Waals surface area contributed by atoms with Crippen LogP contribution in [0.2, 0.25) is 0 Å². The van der Waals surface area contributed by atoms with E-state index in [9.17, 15) is 4.91 Å². The fourth-order valence-electron chi connectivity index (χ4n) is 2.21. The van der Waals surface area contributed by atoms with E-state index in [2.05, 4.69) is 10.2 Å². The van der Waals surface area contributed by atoms with Crippen LogP contribution in [-0.4, -0.2) is 42.1 Å². The van der Waals surface area contributed by atoms with Crippen molar-refractivity contribution in [2.75, 3.05) is 26.2 Å². The van der Waals surface area contributed by atoms with Crippen LogP contribution >= 0.6 is 0 Å². The first-order valence-corrected chi connectivity index (χ1v) is 4.72. The van der Waals surface area contributed by atoms with E-state index >= 15 is 0 Å². The Morgan fingerprint density at radius 3 is 2.92 bits per heavy atom. The lowest BCUT2D eigenvalue weighted by molar-refractivity contribution is 0.0500. The van der Waals surface area contributed by atoms with Gasteiger partial charge < -0.3 is 0 Å². The molecule has 2 heterocycles. The summed E-state index contributed by atoms with van der Waals surface area (Å²) in [5, 5.41) is 4.65. The fourth-order valence-corrected chi connectivity index (χ4v) is 2.21. The predicted octanol–water partition coefficient (Wildman–Crippen LogP) is 0.838.